The van der Waals surface area contributed by atoms with Crippen molar-refractivity contribution in [3.05, 3.63) is 52.5 Å². The lowest BCUT2D eigenvalue weighted by Gasteiger charge is -2.42. The zero-order chi connectivity index (χ0) is 26.3. The summed E-state index contributed by atoms with van der Waals surface area (Å²) < 4.78 is 42.7. The molecule has 2 saturated heterocycles. The van der Waals surface area contributed by atoms with Crippen molar-refractivity contribution in [1.82, 2.24) is 25.2 Å². The third-order valence-corrected chi connectivity index (χ3v) is 7.53. The Hall–Kier alpha value is -2.89. The number of nitrogens with one attached hydrogen (secondary N) is 1. The van der Waals surface area contributed by atoms with Gasteiger partial charge in [-0.3, -0.25) is 4.79 Å². The first-order valence-corrected chi connectivity index (χ1v) is 12.7. The van der Waals surface area contributed by atoms with Crippen molar-refractivity contribution in [2.75, 3.05) is 37.7 Å². The van der Waals surface area contributed by atoms with Crippen LogP contribution in [0.15, 0.2) is 36.4 Å². The summed E-state index contributed by atoms with van der Waals surface area (Å²) in [7, 11) is 0. The quantitative estimate of drug-likeness (QED) is 0.519. The molecule has 0 bridgehead atoms. The van der Waals surface area contributed by atoms with Crippen molar-refractivity contribution in [2.45, 2.75) is 44.1 Å². The molecular weight excluding hydrogens is 509 g/mol. The Morgan fingerprint density at radius 2 is 2.05 bits per heavy atom. The van der Waals surface area contributed by atoms with Crippen LogP contribution in [0.4, 0.5) is 18.9 Å². The Morgan fingerprint density at radius 1 is 1.24 bits per heavy atom. The Balaban J connectivity index is 1.42. The molecule has 3 heterocycles. The highest BCUT2D eigenvalue weighted by atomic mass is 35.5. The van der Waals surface area contributed by atoms with E-state index in [0.29, 0.717) is 30.7 Å². The van der Waals surface area contributed by atoms with Crippen LogP contribution >= 0.6 is 11.6 Å². The van der Waals surface area contributed by atoms with Gasteiger partial charge < -0.3 is 20.2 Å². The molecule has 5 rings (SSSR count). The SMILES string of the molecule is C[C@H](c1ccc(Cl)cc1C(F)(F)F)n1nnc2ccc(N3CCN(C(=O)[C@H]4CCCN4)[C@H](CO)C3)cc21. The van der Waals surface area contributed by atoms with E-state index in [9.17, 15) is 23.1 Å². The van der Waals surface area contributed by atoms with Crippen LogP contribution in [0.3, 0.4) is 0 Å². The number of aromatic nitrogens is 3. The fourth-order valence-electron chi connectivity index (χ4n) is 5.31. The average molecular weight is 537 g/mol. The second kappa shape index (κ2) is 10.1. The van der Waals surface area contributed by atoms with Gasteiger partial charge >= 0.3 is 6.18 Å². The predicted octanol–water partition coefficient (Wildman–Crippen LogP) is 3.47. The minimum Gasteiger partial charge on any atom is -0.394 e. The molecule has 3 aromatic rings. The molecule has 1 aromatic heterocycles. The van der Waals surface area contributed by atoms with E-state index in [4.69, 9.17) is 11.6 Å². The van der Waals surface area contributed by atoms with Crippen LogP contribution in [-0.2, 0) is 11.0 Å². The fourth-order valence-corrected chi connectivity index (χ4v) is 5.48. The molecule has 0 spiro atoms. The molecule has 0 radical (unpaired) electrons. The zero-order valence-corrected chi connectivity index (χ0v) is 21.0. The summed E-state index contributed by atoms with van der Waals surface area (Å²) in [5, 5.41) is 21.6. The maximum absolute atomic E-state index is 13.7. The van der Waals surface area contributed by atoms with Gasteiger partial charge in [0.1, 0.15) is 5.52 Å². The summed E-state index contributed by atoms with van der Waals surface area (Å²) in [6.07, 6.45) is -2.81. The van der Waals surface area contributed by atoms with Crippen molar-refractivity contribution in [3.63, 3.8) is 0 Å². The number of carbonyl (C=O) groups excluding carboxylic acids is 1. The zero-order valence-electron chi connectivity index (χ0n) is 20.2. The monoisotopic (exact) mass is 536 g/mol. The van der Waals surface area contributed by atoms with E-state index in [0.717, 1.165) is 31.1 Å². The largest absolute Gasteiger partial charge is 0.416 e. The third-order valence-electron chi connectivity index (χ3n) is 7.29. The molecule has 0 saturated carbocycles. The molecule has 0 aliphatic carbocycles. The van der Waals surface area contributed by atoms with Crippen LogP contribution < -0.4 is 10.2 Å². The van der Waals surface area contributed by atoms with Gasteiger partial charge in [-0.1, -0.05) is 22.9 Å². The number of aliphatic hydroxyl groups is 1. The smallest absolute Gasteiger partial charge is 0.394 e. The van der Waals surface area contributed by atoms with Crippen LogP contribution in [0.5, 0.6) is 0 Å². The van der Waals surface area contributed by atoms with Crippen molar-refractivity contribution in [1.29, 1.82) is 0 Å². The van der Waals surface area contributed by atoms with Crippen molar-refractivity contribution >= 4 is 34.2 Å². The number of aliphatic hydroxyl groups excluding tert-OH is 1. The number of amides is 1. The first-order valence-electron chi connectivity index (χ1n) is 12.3. The Kier molecular flexibility index (Phi) is 7.03. The minimum absolute atomic E-state index is 0.00813. The number of halogens is 4. The topological polar surface area (TPSA) is 86.5 Å². The number of carbonyl (C=O) groups is 1. The molecule has 1 amide bonds. The van der Waals surface area contributed by atoms with Crippen molar-refractivity contribution in [2.24, 2.45) is 0 Å². The Morgan fingerprint density at radius 3 is 2.76 bits per heavy atom. The third kappa shape index (κ3) is 4.99. The number of fused-ring (bicyclic) bond motifs is 1. The summed E-state index contributed by atoms with van der Waals surface area (Å²) in [5.74, 6) is 0.0196. The summed E-state index contributed by atoms with van der Waals surface area (Å²) in [5.41, 5.74) is 1.19. The standard InChI is InChI=1S/C25H28ClF3N6O2/c1-15(19-6-4-16(26)11-20(19)25(27,28)29)35-23-12-17(5-7-21(23)31-32-35)33-9-10-34(18(13-33)14-36)24(37)22-3-2-8-30-22/h4-7,11-12,15,18,22,30,36H,2-3,8-10,13-14H2,1H3/t15-,18+,22-/m1/s1. The number of benzene rings is 2. The Labute approximate surface area is 217 Å². The van der Waals surface area contributed by atoms with Gasteiger partial charge in [0.25, 0.3) is 0 Å². The highest BCUT2D eigenvalue weighted by Gasteiger charge is 2.37. The van der Waals surface area contributed by atoms with E-state index in [1.165, 1.54) is 16.8 Å². The highest BCUT2D eigenvalue weighted by molar-refractivity contribution is 6.30. The summed E-state index contributed by atoms with van der Waals surface area (Å²) in [4.78, 5) is 16.8. The molecule has 2 aliphatic heterocycles. The summed E-state index contributed by atoms with van der Waals surface area (Å²) in [6, 6.07) is 7.92. The van der Waals surface area contributed by atoms with Crippen LogP contribution in [0.25, 0.3) is 11.0 Å². The van der Waals surface area contributed by atoms with Crippen molar-refractivity contribution in [3.8, 4) is 0 Å². The second-order valence-corrected chi connectivity index (χ2v) is 10.0. The first-order chi connectivity index (χ1) is 17.7. The highest BCUT2D eigenvalue weighted by Crippen LogP contribution is 2.38. The molecule has 37 heavy (non-hydrogen) atoms. The first kappa shape index (κ1) is 25.7. The molecule has 12 heteroatoms. The predicted molar refractivity (Wildman–Crippen MR) is 134 cm³/mol. The summed E-state index contributed by atoms with van der Waals surface area (Å²) >= 11 is 5.86. The number of alkyl halides is 3. The lowest BCUT2D eigenvalue weighted by Crippen LogP contribution is -2.59. The molecule has 0 unspecified atom stereocenters. The van der Waals surface area contributed by atoms with Crippen LogP contribution in [-0.4, -0.2) is 75.8 Å². The fraction of sp³-hybridized carbons (Fsp3) is 0.480. The van der Waals surface area contributed by atoms with Gasteiger partial charge in [0.15, 0.2) is 0 Å². The van der Waals surface area contributed by atoms with E-state index in [1.54, 1.807) is 17.9 Å². The molecule has 2 N–H and O–H groups in total. The number of nitrogens with zero attached hydrogens (tertiary/aromatic N) is 5. The van der Waals surface area contributed by atoms with Crippen LogP contribution in [0.2, 0.25) is 5.02 Å². The van der Waals surface area contributed by atoms with Crippen molar-refractivity contribution < 1.29 is 23.1 Å². The molecule has 3 atom stereocenters. The molecule has 198 valence electrons. The second-order valence-electron chi connectivity index (χ2n) is 9.58. The van der Waals surface area contributed by atoms with Gasteiger partial charge in [-0.05, 0) is 62.2 Å². The lowest BCUT2D eigenvalue weighted by molar-refractivity contribution is -0.138. The van der Waals surface area contributed by atoms with E-state index in [1.807, 2.05) is 12.1 Å². The minimum atomic E-state index is -4.57. The summed E-state index contributed by atoms with van der Waals surface area (Å²) in [6.45, 7) is 3.77. The number of piperazine rings is 1. The van der Waals surface area contributed by atoms with Gasteiger partial charge in [-0.15, -0.1) is 5.10 Å². The van der Waals surface area contributed by atoms with Gasteiger partial charge in [-0.2, -0.15) is 13.2 Å². The van der Waals surface area contributed by atoms with Gasteiger partial charge in [0.05, 0.1) is 35.8 Å². The molecule has 2 fully saturated rings. The van der Waals surface area contributed by atoms with E-state index >= 15 is 0 Å². The van der Waals surface area contributed by atoms with E-state index in [-0.39, 0.29) is 35.2 Å². The number of hydrogen-bond acceptors (Lipinski definition) is 6. The maximum atomic E-state index is 13.7. The van der Waals surface area contributed by atoms with E-state index in [2.05, 4.69) is 20.5 Å². The van der Waals surface area contributed by atoms with Crippen LogP contribution in [0, 0.1) is 0 Å². The molecular formula is C25H28ClF3N6O2. The molecule has 2 aliphatic rings. The van der Waals surface area contributed by atoms with Gasteiger partial charge in [0, 0.05) is 30.3 Å². The average Bonchev–Trinajstić information content (AvgIpc) is 3.57. The molecule has 8 nitrogen and oxygen atoms in total. The Bertz CT molecular complexity index is 1290. The maximum Gasteiger partial charge on any atom is 0.416 e. The van der Waals surface area contributed by atoms with Crippen LogP contribution in [0.1, 0.15) is 36.9 Å². The molecule has 2 aromatic carbocycles. The normalized spacial score (nSPS) is 21.6. The lowest BCUT2D eigenvalue weighted by atomic mass is 10.0. The van der Waals surface area contributed by atoms with E-state index < -0.39 is 17.8 Å². The number of rotatable bonds is 5. The number of hydrogen-bond donors (Lipinski definition) is 2. The number of anilines is 1. The van der Waals surface area contributed by atoms with Gasteiger partial charge in [-0.25, -0.2) is 4.68 Å². The van der Waals surface area contributed by atoms with Gasteiger partial charge in [0.2, 0.25) is 5.91 Å².